The van der Waals surface area contributed by atoms with Crippen molar-refractivity contribution in [2.75, 3.05) is 0 Å². The summed E-state index contributed by atoms with van der Waals surface area (Å²) in [5, 5.41) is 7.39. The van der Waals surface area contributed by atoms with E-state index in [9.17, 15) is 4.79 Å². The van der Waals surface area contributed by atoms with Crippen molar-refractivity contribution in [2.45, 2.75) is 13.3 Å². The van der Waals surface area contributed by atoms with E-state index in [1.165, 1.54) is 0 Å². The number of nitrogens with zero attached hydrogens (tertiary/aromatic N) is 2. The minimum Gasteiger partial charge on any atom is -0.364 e. The van der Waals surface area contributed by atoms with Crippen LogP contribution in [-0.2, 0) is 6.42 Å². The fourth-order valence-corrected chi connectivity index (χ4v) is 0.680. The molecule has 58 valence electrons. The summed E-state index contributed by atoms with van der Waals surface area (Å²) in [5.41, 5.74) is 6.03. The summed E-state index contributed by atoms with van der Waals surface area (Å²) in [6.45, 7) is 1.97. The van der Waals surface area contributed by atoms with Gasteiger partial charge in [0.15, 0.2) is 5.69 Å². The Bertz CT molecular complexity index is 255. The third-order valence-electron chi connectivity index (χ3n) is 1.33. The summed E-state index contributed by atoms with van der Waals surface area (Å²) in [5.74, 6) is -0.542. The van der Waals surface area contributed by atoms with Gasteiger partial charge in [-0.2, -0.15) is 5.10 Å². The van der Waals surface area contributed by atoms with Crippen molar-refractivity contribution in [1.29, 1.82) is 0 Å². The highest BCUT2D eigenvalue weighted by molar-refractivity contribution is 5.90. The molecule has 4 heteroatoms. The number of carbonyl (C=O) groups excluding carboxylic acids is 1. The molecule has 0 atom stereocenters. The zero-order chi connectivity index (χ0) is 8.27. The van der Waals surface area contributed by atoms with Gasteiger partial charge in [0.05, 0.1) is 5.69 Å². The normalized spacial score (nSPS) is 9.55. The average molecular weight is 151 g/mol. The maximum atomic E-state index is 10.5. The van der Waals surface area contributed by atoms with E-state index in [1.54, 1.807) is 12.1 Å². The first kappa shape index (κ1) is 7.65. The Morgan fingerprint density at radius 1 is 1.55 bits per heavy atom. The highest BCUT2D eigenvalue weighted by Gasteiger charge is 2.00. The zero-order valence-electron chi connectivity index (χ0n) is 6.24. The summed E-state index contributed by atoms with van der Waals surface area (Å²) in [6, 6.07) is 3.32. The number of carbonyl (C=O) groups is 1. The molecule has 0 aliphatic heterocycles. The fraction of sp³-hybridized carbons (Fsp3) is 0.286. The molecule has 0 spiro atoms. The molecule has 0 saturated heterocycles. The largest absolute Gasteiger partial charge is 0.364 e. The van der Waals surface area contributed by atoms with E-state index in [0.29, 0.717) is 0 Å². The van der Waals surface area contributed by atoms with Gasteiger partial charge in [-0.1, -0.05) is 6.92 Å². The number of aromatic nitrogens is 2. The van der Waals surface area contributed by atoms with E-state index in [0.717, 1.165) is 12.1 Å². The van der Waals surface area contributed by atoms with Crippen LogP contribution in [0.25, 0.3) is 0 Å². The molecule has 0 unspecified atom stereocenters. The lowest BCUT2D eigenvalue weighted by Gasteiger charge is -1.94. The summed E-state index contributed by atoms with van der Waals surface area (Å²) < 4.78 is 0. The number of nitrogens with two attached hydrogens (primary N) is 1. The maximum Gasteiger partial charge on any atom is 0.269 e. The topological polar surface area (TPSA) is 68.9 Å². The highest BCUT2D eigenvalue weighted by atomic mass is 16.1. The van der Waals surface area contributed by atoms with Crippen LogP contribution in [-0.4, -0.2) is 16.1 Å². The smallest absolute Gasteiger partial charge is 0.269 e. The van der Waals surface area contributed by atoms with Crippen LogP contribution in [0.3, 0.4) is 0 Å². The van der Waals surface area contributed by atoms with Gasteiger partial charge in [-0.3, -0.25) is 4.79 Å². The van der Waals surface area contributed by atoms with Gasteiger partial charge in [0.25, 0.3) is 5.91 Å². The lowest BCUT2D eigenvalue weighted by atomic mass is 10.3. The molecule has 1 aromatic rings. The van der Waals surface area contributed by atoms with Gasteiger partial charge < -0.3 is 5.73 Å². The van der Waals surface area contributed by atoms with Crippen LogP contribution in [0.5, 0.6) is 0 Å². The first-order valence-electron chi connectivity index (χ1n) is 3.36. The van der Waals surface area contributed by atoms with Crippen LogP contribution in [0.4, 0.5) is 0 Å². The number of rotatable bonds is 2. The molecule has 0 saturated carbocycles. The second-order valence-corrected chi connectivity index (χ2v) is 2.13. The Morgan fingerprint density at radius 3 is 2.64 bits per heavy atom. The van der Waals surface area contributed by atoms with Gasteiger partial charge in [-0.25, -0.2) is 0 Å². The maximum absolute atomic E-state index is 10.5. The number of hydrogen-bond donors (Lipinski definition) is 1. The van der Waals surface area contributed by atoms with E-state index in [2.05, 4.69) is 10.2 Å². The first-order valence-corrected chi connectivity index (χ1v) is 3.36. The van der Waals surface area contributed by atoms with E-state index < -0.39 is 5.91 Å². The molecule has 0 aliphatic rings. The SMILES string of the molecule is CCc1ccc(C(N)=O)nn1. The first-order chi connectivity index (χ1) is 5.24. The molecule has 1 rings (SSSR count). The average Bonchev–Trinajstić information content (AvgIpc) is 2.05. The van der Waals surface area contributed by atoms with Gasteiger partial charge in [-0.15, -0.1) is 5.10 Å². The minimum absolute atomic E-state index is 0.210. The van der Waals surface area contributed by atoms with Crippen molar-refractivity contribution in [3.05, 3.63) is 23.5 Å². The summed E-state index contributed by atoms with van der Waals surface area (Å²) in [4.78, 5) is 10.5. The Kier molecular flexibility index (Phi) is 2.15. The van der Waals surface area contributed by atoms with Crippen molar-refractivity contribution in [3.63, 3.8) is 0 Å². The molecule has 1 aromatic heterocycles. The van der Waals surface area contributed by atoms with Crippen LogP contribution in [0.1, 0.15) is 23.1 Å². The molecule has 0 aromatic carbocycles. The van der Waals surface area contributed by atoms with Crippen molar-refractivity contribution >= 4 is 5.91 Å². The second-order valence-electron chi connectivity index (χ2n) is 2.13. The molecule has 1 amide bonds. The predicted octanol–water partition coefficient (Wildman–Crippen LogP) is 0.138. The zero-order valence-corrected chi connectivity index (χ0v) is 6.24. The third kappa shape index (κ3) is 1.73. The third-order valence-corrected chi connectivity index (χ3v) is 1.33. The Balaban J connectivity index is 2.91. The molecule has 0 fully saturated rings. The molecule has 0 bridgehead atoms. The van der Waals surface area contributed by atoms with E-state index in [1.807, 2.05) is 6.92 Å². The van der Waals surface area contributed by atoms with Gasteiger partial charge in [0, 0.05) is 0 Å². The Labute approximate surface area is 64.4 Å². The Morgan fingerprint density at radius 2 is 2.27 bits per heavy atom. The predicted molar refractivity (Wildman–Crippen MR) is 39.9 cm³/mol. The summed E-state index contributed by atoms with van der Waals surface area (Å²) in [6.07, 6.45) is 0.812. The van der Waals surface area contributed by atoms with Crippen LogP contribution < -0.4 is 5.73 Å². The van der Waals surface area contributed by atoms with Gasteiger partial charge in [-0.05, 0) is 18.6 Å². The summed E-state index contributed by atoms with van der Waals surface area (Å²) in [7, 11) is 0. The lowest BCUT2D eigenvalue weighted by molar-refractivity contribution is 0.0994. The molecule has 11 heavy (non-hydrogen) atoms. The minimum atomic E-state index is -0.542. The standard InChI is InChI=1S/C7H9N3O/c1-2-5-3-4-6(7(8)11)10-9-5/h3-4H,2H2,1H3,(H2,8,11). The Hall–Kier alpha value is -1.45. The van der Waals surface area contributed by atoms with E-state index >= 15 is 0 Å². The quantitative estimate of drug-likeness (QED) is 0.653. The van der Waals surface area contributed by atoms with Crippen molar-refractivity contribution in [2.24, 2.45) is 5.73 Å². The van der Waals surface area contributed by atoms with Crippen molar-refractivity contribution in [1.82, 2.24) is 10.2 Å². The van der Waals surface area contributed by atoms with Gasteiger partial charge in [0.2, 0.25) is 0 Å². The second kappa shape index (κ2) is 3.09. The molecular formula is C7H9N3O. The molecule has 0 aliphatic carbocycles. The van der Waals surface area contributed by atoms with Gasteiger partial charge >= 0.3 is 0 Å². The molecule has 0 radical (unpaired) electrons. The highest BCUT2D eigenvalue weighted by Crippen LogP contribution is 1.95. The number of primary amides is 1. The number of hydrogen-bond acceptors (Lipinski definition) is 3. The fourth-order valence-electron chi connectivity index (χ4n) is 0.680. The van der Waals surface area contributed by atoms with Crippen LogP contribution in [0.2, 0.25) is 0 Å². The lowest BCUT2D eigenvalue weighted by Crippen LogP contribution is -2.13. The van der Waals surface area contributed by atoms with Crippen molar-refractivity contribution < 1.29 is 4.79 Å². The van der Waals surface area contributed by atoms with Crippen LogP contribution in [0, 0.1) is 0 Å². The molecule has 4 nitrogen and oxygen atoms in total. The van der Waals surface area contributed by atoms with Crippen molar-refractivity contribution in [3.8, 4) is 0 Å². The van der Waals surface area contributed by atoms with E-state index in [4.69, 9.17) is 5.73 Å². The monoisotopic (exact) mass is 151 g/mol. The molecule has 2 N–H and O–H groups in total. The summed E-state index contributed by atoms with van der Waals surface area (Å²) >= 11 is 0. The molecular weight excluding hydrogens is 142 g/mol. The molecule has 1 heterocycles. The van der Waals surface area contributed by atoms with E-state index in [-0.39, 0.29) is 5.69 Å². The van der Waals surface area contributed by atoms with Crippen LogP contribution >= 0.6 is 0 Å². The number of amides is 1. The number of aryl methyl sites for hydroxylation is 1. The van der Waals surface area contributed by atoms with Crippen LogP contribution in [0.15, 0.2) is 12.1 Å². The van der Waals surface area contributed by atoms with Gasteiger partial charge in [0.1, 0.15) is 0 Å².